The summed E-state index contributed by atoms with van der Waals surface area (Å²) < 4.78 is 36.5. The highest BCUT2D eigenvalue weighted by molar-refractivity contribution is 5.86. The maximum Gasteiger partial charge on any atom is 0.416 e. The minimum Gasteiger partial charge on any atom is -0.385 e. The highest BCUT2D eigenvalue weighted by atomic mass is 19.4. The molecule has 0 aliphatic carbocycles. The number of anilines is 1. The molecule has 1 aliphatic heterocycles. The number of halogens is 3. The van der Waals surface area contributed by atoms with Crippen LogP contribution in [0.4, 0.5) is 18.9 Å². The molecule has 7 heteroatoms. The van der Waals surface area contributed by atoms with Crippen LogP contribution < -0.4 is 10.6 Å². The van der Waals surface area contributed by atoms with E-state index in [1.165, 1.54) is 0 Å². The van der Waals surface area contributed by atoms with Crippen LogP contribution in [-0.4, -0.2) is 36.4 Å². The molecule has 0 radical (unpaired) electrons. The molecule has 0 saturated carbocycles. The minimum absolute atomic E-state index is 0.493. The van der Waals surface area contributed by atoms with E-state index in [2.05, 4.69) is 10.6 Å². The maximum atomic E-state index is 12.2. The fraction of sp³-hybridized carbons (Fsp3) is 0.462. The molecule has 2 rings (SSSR count). The highest BCUT2D eigenvalue weighted by Gasteiger charge is 2.38. The first-order valence-electron chi connectivity index (χ1n) is 6.25. The smallest absolute Gasteiger partial charge is 0.385 e. The van der Waals surface area contributed by atoms with Gasteiger partial charge in [0.2, 0.25) is 5.91 Å². The molecule has 2 unspecified atom stereocenters. The van der Waals surface area contributed by atoms with Gasteiger partial charge in [-0.25, -0.2) is 0 Å². The van der Waals surface area contributed by atoms with Crippen LogP contribution in [0.2, 0.25) is 0 Å². The monoisotopic (exact) mass is 288 g/mol. The molecule has 0 fully saturated rings. The summed E-state index contributed by atoms with van der Waals surface area (Å²) in [6, 6.07) is 7.18. The molecule has 1 aromatic carbocycles. The Morgan fingerprint density at radius 1 is 1.45 bits per heavy atom. The van der Waals surface area contributed by atoms with E-state index in [0.717, 1.165) is 11.3 Å². The summed E-state index contributed by atoms with van der Waals surface area (Å²) in [5.74, 6) is -0.991. The SMILES string of the molecule is O=C(NCC(O)C(F)(F)F)C1CCNc2ccccc21. The van der Waals surface area contributed by atoms with Gasteiger partial charge in [-0.3, -0.25) is 4.79 Å². The van der Waals surface area contributed by atoms with Crippen LogP contribution in [0.25, 0.3) is 0 Å². The quantitative estimate of drug-likeness (QED) is 0.792. The van der Waals surface area contributed by atoms with E-state index < -0.39 is 30.7 Å². The Kier molecular flexibility index (Phi) is 4.17. The van der Waals surface area contributed by atoms with Crippen molar-refractivity contribution in [1.82, 2.24) is 5.32 Å². The molecule has 1 aliphatic rings. The second kappa shape index (κ2) is 5.70. The van der Waals surface area contributed by atoms with Gasteiger partial charge in [0.25, 0.3) is 0 Å². The fourth-order valence-electron chi connectivity index (χ4n) is 2.18. The van der Waals surface area contributed by atoms with E-state index in [-0.39, 0.29) is 0 Å². The van der Waals surface area contributed by atoms with Crippen molar-refractivity contribution in [1.29, 1.82) is 0 Å². The molecule has 2 atom stereocenters. The maximum absolute atomic E-state index is 12.2. The first-order valence-corrected chi connectivity index (χ1v) is 6.25. The van der Waals surface area contributed by atoms with E-state index in [1.54, 1.807) is 12.1 Å². The molecule has 1 heterocycles. The predicted octanol–water partition coefficient (Wildman–Crippen LogP) is 1.63. The first-order chi connectivity index (χ1) is 9.39. The molecule has 0 aromatic heterocycles. The van der Waals surface area contributed by atoms with Crippen molar-refractivity contribution < 1.29 is 23.1 Å². The molecular formula is C13H15F3N2O2. The summed E-state index contributed by atoms with van der Waals surface area (Å²) in [7, 11) is 0. The average Bonchev–Trinajstić information content (AvgIpc) is 2.42. The Morgan fingerprint density at radius 2 is 2.15 bits per heavy atom. The zero-order valence-electron chi connectivity index (χ0n) is 10.6. The summed E-state index contributed by atoms with van der Waals surface area (Å²) in [5.41, 5.74) is 1.58. The molecule has 0 saturated heterocycles. The number of carbonyl (C=O) groups excluding carboxylic acids is 1. The lowest BCUT2D eigenvalue weighted by molar-refractivity contribution is -0.201. The van der Waals surface area contributed by atoms with Crippen molar-refractivity contribution in [2.24, 2.45) is 0 Å². The van der Waals surface area contributed by atoms with Crippen LogP contribution in [-0.2, 0) is 4.79 Å². The number of benzene rings is 1. The molecule has 0 bridgehead atoms. The van der Waals surface area contributed by atoms with Gasteiger partial charge in [0.1, 0.15) is 0 Å². The lowest BCUT2D eigenvalue weighted by atomic mass is 9.90. The normalized spacial score (nSPS) is 19.7. The summed E-state index contributed by atoms with van der Waals surface area (Å²) in [5, 5.41) is 14.2. The Balaban J connectivity index is 2.01. The zero-order valence-corrected chi connectivity index (χ0v) is 10.6. The van der Waals surface area contributed by atoms with Crippen molar-refractivity contribution in [3.05, 3.63) is 29.8 Å². The standard InChI is InChI=1S/C13H15F3N2O2/c14-13(15,16)11(19)7-18-12(20)9-5-6-17-10-4-2-1-3-8(9)10/h1-4,9,11,17,19H,5-7H2,(H,18,20). The summed E-state index contributed by atoms with van der Waals surface area (Å²) in [6.07, 6.45) is -6.76. The fourth-order valence-corrected chi connectivity index (χ4v) is 2.18. The van der Waals surface area contributed by atoms with Gasteiger partial charge in [-0.1, -0.05) is 18.2 Å². The van der Waals surface area contributed by atoms with Gasteiger partial charge in [0.05, 0.1) is 12.5 Å². The largest absolute Gasteiger partial charge is 0.416 e. The van der Waals surface area contributed by atoms with Crippen molar-refractivity contribution in [3.8, 4) is 0 Å². The Morgan fingerprint density at radius 3 is 2.85 bits per heavy atom. The summed E-state index contributed by atoms with van der Waals surface area (Å²) in [6.45, 7) is -0.245. The van der Waals surface area contributed by atoms with E-state index in [9.17, 15) is 18.0 Å². The van der Waals surface area contributed by atoms with Gasteiger partial charge in [-0.05, 0) is 18.1 Å². The van der Waals surface area contributed by atoms with Crippen LogP contribution in [0.15, 0.2) is 24.3 Å². The van der Waals surface area contributed by atoms with Gasteiger partial charge in [-0.2, -0.15) is 13.2 Å². The molecule has 1 aromatic rings. The predicted molar refractivity (Wildman–Crippen MR) is 67.4 cm³/mol. The third kappa shape index (κ3) is 3.22. The number of aliphatic hydroxyl groups is 1. The minimum atomic E-state index is -4.72. The summed E-state index contributed by atoms with van der Waals surface area (Å²) >= 11 is 0. The summed E-state index contributed by atoms with van der Waals surface area (Å²) in [4.78, 5) is 12.0. The number of nitrogens with one attached hydrogen (secondary N) is 2. The van der Waals surface area contributed by atoms with Crippen molar-refractivity contribution in [3.63, 3.8) is 0 Å². The molecule has 4 nitrogen and oxygen atoms in total. The van der Waals surface area contributed by atoms with Gasteiger partial charge in [0.15, 0.2) is 6.10 Å². The van der Waals surface area contributed by atoms with Gasteiger partial charge in [-0.15, -0.1) is 0 Å². The number of aliphatic hydroxyl groups excluding tert-OH is 1. The van der Waals surface area contributed by atoms with E-state index in [1.807, 2.05) is 12.1 Å². The van der Waals surface area contributed by atoms with Gasteiger partial charge < -0.3 is 15.7 Å². The van der Waals surface area contributed by atoms with Crippen LogP contribution in [0.5, 0.6) is 0 Å². The Hall–Kier alpha value is -1.76. The molecule has 3 N–H and O–H groups in total. The number of para-hydroxylation sites is 1. The van der Waals surface area contributed by atoms with Crippen molar-refractivity contribution in [2.45, 2.75) is 24.6 Å². The van der Waals surface area contributed by atoms with E-state index in [0.29, 0.717) is 13.0 Å². The third-order valence-electron chi connectivity index (χ3n) is 3.25. The highest BCUT2D eigenvalue weighted by Crippen LogP contribution is 2.31. The van der Waals surface area contributed by atoms with Gasteiger partial charge >= 0.3 is 6.18 Å². The lowest BCUT2D eigenvalue weighted by Crippen LogP contribution is -2.43. The Bertz CT molecular complexity index is 491. The number of alkyl halides is 3. The molecule has 0 spiro atoms. The van der Waals surface area contributed by atoms with Gasteiger partial charge in [0, 0.05) is 12.2 Å². The topological polar surface area (TPSA) is 61.4 Å². The van der Waals surface area contributed by atoms with Crippen LogP contribution >= 0.6 is 0 Å². The molecule has 20 heavy (non-hydrogen) atoms. The third-order valence-corrected chi connectivity index (χ3v) is 3.25. The van der Waals surface area contributed by atoms with Crippen molar-refractivity contribution in [2.75, 3.05) is 18.4 Å². The van der Waals surface area contributed by atoms with Crippen LogP contribution in [0, 0.1) is 0 Å². The Labute approximate surface area is 114 Å². The molecule has 1 amide bonds. The number of hydrogen-bond donors (Lipinski definition) is 3. The van der Waals surface area contributed by atoms with E-state index in [4.69, 9.17) is 5.11 Å². The first kappa shape index (κ1) is 14.6. The average molecular weight is 288 g/mol. The number of fused-ring (bicyclic) bond motifs is 1. The van der Waals surface area contributed by atoms with E-state index >= 15 is 0 Å². The number of rotatable bonds is 3. The number of carbonyl (C=O) groups is 1. The molecular weight excluding hydrogens is 273 g/mol. The second-order valence-corrected chi connectivity index (χ2v) is 4.66. The lowest BCUT2D eigenvalue weighted by Gasteiger charge is -2.26. The zero-order chi connectivity index (χ0) is 14.8. The second-order valence-electron chi connectivity index (χ2n) is 4.66. The van der Waals surface area contributed by atoms with Crippen LogP contribution in [0.3, 0.4) is 0 Å². The van der Waals surface area contributed by atoms with Crippen LogP contribution in [0.1, 0.15) is 17.9 Å². The number of amides is 1. The number of hydrogen-bond acceptors (Lipinski definition) is 3. The van der Waals surface area contributed by atoms with Crippen molar-refractivity contribution >= 4 is 11.6 Å². The molecule has 110 valence electrons.